The normalized spacial score (nSPS) is 14.3. The number of anilines is 1. The minimum atomic E-state index is -0.176. The van der Waals surface area contributed by atoms with Gasteiger partial charge in [-0.3, -0.25) is 9.69 Å². The van der Waals surface area contributed by atoms with E-state index in [1.807, 2.05) is 36.4 Å². The van der Waals surface area contributed by atoms with Gasteiger partial charge in [-0.25, -0.2) is 15.0 Å². The fraction of sp³-hybridized carbons (Fsp3) is 0.304. The zero-order chi connectivity index (χ0) is 21.3. The topological polar surface area (TPSA) is 83.5 Å². The Labute approximate surface area is 181 Å². The van der Waals surface area contributed by atoms with Gasteiger partial charge in [0.2, 0.25) is 11.8 Å². The smallest absolute Gasteiger partial charge is 0.256 e. The highest BCUT2D eigenvalue weighted by atomic mass is 16.5. The molecule has 1 amide bonds. The highest BCUT2D eigenvalue weighted by Gasteiger charge is 2.18. The van der Waals surface area contributed by atoms with Gasteiger partial charge >= 0.3 is 0 Å². The number of para-hydroxylation sites is 1. The summed E-state index contributed by atoms with van der Waals surface area (Å²) in [5, 5.41) is 2.98. The first-order valence-electron chi connectivity index (χ1n) is 10.5. The van der Waals surface area contributed by atoms with Crippen LogP contribution in [0.3, 0.4) is 0 Å². The van der Waals surface area contributed by atoms with E-state index in [1.54, 1.807) is 30.7 Å². The molecule has 1 aromatic carbocycles. The molecule has 8 nitrogen and oxygen atoms in total. The monoisotopic (exact) mass is 418 g/mol. The van der Waals surface area contributed by atoms with Crippen molar-refractivity contribution in [1.29, 1.82) is 0 Å². The number of ether oxygens (including phenoxy) is 1. The molecular weight excluding hydrogens is 392 g/mol. The number of hydrogen-bond acceptors (Lipinski definition) is 7. The molecule has 0 aliphatic carbocycles. The van der Waals surface area contributed by atoms with Crippen molar-refractivity contribution in [2.24, 2.45) is 0 Å². The number of rotatable bonds is 8. The third-order valence-corrected chi connectivity index (χ3v) is 5.12. The van der Waals surface area contributed by atoms with E-state index in [-0.39, 0.29) is 5.91 Å². The van der Waals surface area contributed by atoms with Gasteiger partial charge in [0.15, 0.2) is 0 Å². The Balaban J connectivity index is 1.21. The number of nitrogens with one attached hydrogen (secondary N) is 1. The summed E-state index contributed by atoms with van der Waals surface area (Å²) < 4.78 is 5.78. The summed E-state index contributed by atoms with van der Waals surface area (Å²) in [5.74, 6) is 1.57. The van der Waals surface area contributed by atoms with Crippen LogP contribution in [0.5, 0.6) is 11.6 Å². The van der Waals surface area contributed by atoms with Crippen LogP contribution in [0.1, 0.15) is 16.8 Å². The lowest BCUT2D eigenvalue weighted by molar-refractivity contribution is 0.0948. The molecule has 8 heteroatoms. The molecule has 0 spiro atoms. The summed E-state index contributed by atoms with van der Waals surface area (Å²) in [7, 11) is 0. The molecule has 0 atom stereocenters. The molecule has 1 N–H and O–H groups in total. The summed E-state index contributed by atoms with van der Waals surface area (Å²) in [4.78, 5) is 30.1. The van der Waals surface area contributed by atoms with Crippen molar-refractivity contribution in [3.8, 4) is 11.6 Å². The summed E-state index contributed by atoms with van der Waals surface area (Å²) >= 11 is 0. The van der Waals surface area contributed by atoms with Crippen LogP contribution in [0.15, 0.2) is 67.1 Å². The molecule has 2 aromatic heterocycles. The number of nitrogens with zero attached hydrogens (tertiary/aromatic N) is 5. The first-order chi connectivity index (χ1) is 15.3. The number of carbonyl (C=O) groups is 1. The summed E-state index contributed by atoms with van der Waals surface area (Å²) in [6, 6.07) is 14.6. The van der Waals surface area contributed by atoms with Gasteiger partial charge in [0.05, 0.1) is 0 Å². The van der Waals surface area contributed by atoms with E-state index in [0.29, 0.717) is 23.7 Å². The predicted octanol–water partition coefficient (Wildman–Crippen LogP) is 2.61. The lowest BCUT2D eigenvalue weighted by atomic mass is 10.2. The van der Waals surface area contributed by atoms with Crippen LogP contribution >= 0.6 is 0 Å². The average molecular weight is 419 g/mol. The Bertz CT molecular complexity index is 962. The molecule has 0 bridgehead atoms. The second-order valence-electron chi connectivity index (χ2n) is 7.26. The number of carbonyl (C=O) groups excluding carboxylic acids is 1. The van der Waals surface area contributed by atoms with Crippen LogP contribution in [0.4, 0.5) is 5.95 Å². The number of benzene rings is 1. The van der Waals surface area contributed by atoms with Gasteiger partial charge in [0.25, 0.3) is 5.91 Å². The minimum Gasteiger partial charge on any atom is -0.438 e. The van der Waals surface area contributed by atoms with Crippen molar-refractivity contribution >= 4 is 11.9 Å². The summed E-state index contributed by atoms with van der Waals surface area (Å²) in [6.45, 7) is 5.27. The van der Waals surface area contributed by atoms with Gasteiger partial charge in [-0.15, -0.1) is 0 Å². The molecule has 0 radical (unpaired) electrons. The molecule has 4 rings (SSSR count). The van der Waals surface area contributed by atoms with E-state index in [0.717, 1.165) is 45.1 Å². The Morgan fingerprint density at radius 2 is 1.65 bits per heavy atom. The van der Waals surface area contributed by atoms with Crippen molar-refractivity contribution in [3.05, 3.63) is 72.7 Å². The van der Waals surface area contributed by atoms with E-state index in [2.05, 4.69) is 30.1 Å². The van der Waals surface area contributed by atoms with E-state index in [9.17, 15) is 4.79 Å². The summed E-state index contributed by atoms with van der Waals surface area (Å²) in [6.07, 6.45) is 6.05. The van der Waals surface area contributed by atoms with Crippen LogP contribution in [-0.2, 0) is 0 Å². The van der Waals surface area contributed by atoms with Gasteiger partial charge in [-0.05, 0) is 43.3 Å². The number of pyridine rings is 1. The number of aromatic nitrogens is 3. The first kappa shape index (κ1) is 20.7. The van der Waals surface area contributed by atoms with Crippen molar-refractivity contribution < 1.29 is 9.53 Å². The van der Waals surface area contributed by atoms with E-state index in [1.165, 1.54) is 0 Å². The van der Waals surface area contributed by atoms with Crippen LogP contribution < -0.4 is 15.0 Å². The van der Waals surface area contributed by atoms with Gasteiger partial charge in [-0.1, -0.05) is 18.2 Å². The largest absolute Gasteiger partial charge is 0.438 e. The third-order valence-electron chi connectivity index (χ3n) is 5.12. The van der Waals surface area contributed by atoms with Gasteiger partial charge < -0.3 is 15.0 Å². The second-order valence-corrected chi connectivity index (χ2v) is 7.26. The van der Waals surface area contributed by atoms with Crippen LogP contribution in [0.25, 0.3) is 0 Å². The third kappa shape index (κ3) is 5.76. The maximum absolute atomic E-state index is 12.6. The molecule has 1 aliphatic rings. The van der Waals surface area contributed by atoms with Crippen LogP contribution in [0.2, 0.25) is 0 Å². The van der Waals surface area contributed by atoms with Crippen molar-refractivity contribution in [2.45, 2.75) is 6.42 Å². The number of amides is 1. The molecule has 0 saturated carbocycles. The molecule has 1 saturated heterocycles. The Hall–Kier alpha value is -3.52. The standard InChI is InChI=1S/C23H26N6O2/c30-21(20-9-4-10-25-22(20)31-19-7-2-1-3-8-19)24-13-6-14-28-15-17-29(18-16-28)23-26-11-5-12-27-23/h1-5,7-12H,6,13-18H2,(H,24,30). The Morgan fingerprint density at radius 3 is 2.42 bits per heavy atom. The van der Waals surface area contributed by atoms with E-state index >= 15 is 0 Å². The highest BCUT2D eigenvalue weighted by Crippen LogP contribution is 2.22. The molecule has 31 heavy (non-hydrogen) atoms. The quantitative estimate of drug-likeness (QED) is 0.563. The SMILES string of the molecule is O=C(NCCCN1CCN(c2ncccn2)CC1)c1cccnc1Oc1ccccc1. The zero-order valence-corrected chi connectivity index (χ0v) is 17.4. The summed E-state index contributed by atoms with van der Waals surface area (Å²) in [5.41, 5.74) is 0.433. The molecule has 0 unspecified atom stereocenters. The zero-order valence-electron chi connectivity index (χ0n) is 17.4. The van der Waals surface area contributed by atoms with E-state index < -0.39 is 0 Å². The van der Waals surface area contributed by atoms with E-state index in [4.69, 9.17) is 4.74 Å². The number of hydrogen-bond donors (Lipinski definition) is 1. The molecule has 1 fully saturated rings. The molecule has 3 heterocycles. The first-order valence-corrected chi connectivity index (χ1v) is 10.5. The van der Waals surface area contributed by atoms with Crippen molar-refractivity contribution in [3.63, 3.8) is 0 Å². The average Bonchev–Trinajstić information content (AvgIpc) is 2.84. The Kier molecular flexibility index (Phi) is 7.02. The van der Waals surface area contributed by atoms with Crippen LogP contribution in [0, 0.1) is 0 Å². The van der Waals surface area contributed by atoms with Gasteiger partial charge in [0, 0.05) is 51.3 Å². The Morgan fingerprint density at radius 1 is 0.903 bits per heavy atom. The van der Waals surface area contributed by atoms with Gasteiger partial charge in [-0.2, -0.15) is 0 Å². The fourth-order valence-electron chi connectivity index (χ4n) is 3.47. The molecule has 160 valence electrons. The molecule has 1 aliphatic heterocycles. The maximum Gasteiger partial charge on any atom is 0.256 e. The van der Waals surface area contributed by atoms with Crippen molar-refractivity contribution in [1.82, 2.24) is 25.2 Å². The van der Waals surface area contributed by atoms with Crippen molar-refractivity contribution in [2.75, 3.05) is 44.2 Å². The minimum absolute atomic E-state index is 0.176. The molecular formula is C23H26N6O2. The number of piperazine rings is 1. The lowest BCUT2D eigenvalue weighted by Crippen LogP contribution is -2.47. The lowest BCUT2D eigenvalue weighted by Gasteiger charge is -2.34. The highest BCUT2D eigenvalue weighted by molar-refractivity contribution is 5.96. The van der Waals surface area contributed by atoms with Crippen LogP contribution in [-0.4, -0.2) is 65.0 Å². The predicted molar refractivity (Wildman–Crippen MR) is 118 cm³/mol. The second kappa shape index (κ2) is 10.5. The molecule has 3 aromatic rings. The van der Waals surface area contributed by atoms with Gasteiger partial charge in [0.1, 0.15) is 11.3 Å². The fourth-order valence-corrected chi connectivity index (χ4v) is 3.47. The maximum atomic E-state index is 12.6.